The Morgan fingerprint density at radius 2 is 1.33 bits per heavy atom. The molecule has 5 heteroatoms. The van der Waals surface area contributed by atoms with Crippen LogP contribution in [-0.4, -0.2) is 19.2 Å². The molecule has 0 saturated carbocycles. The van der Waals surface area contributed by atoms with Gasteiger partial charge >= 0.3 is 0 Å². The number of nitrogens with zero attached hydrogens (tertiary/aromatic N) is 4. The van der Waals surface area contributed by atoms with Crippen molar-refractivity contribution in [3.8, 4) is 45.2 Å². The van der Waals surface area contributed by atoms with Crippen molar-refractivity contribution in [1.29, 1.82) is 0 Å². The van der Waals surface area contributed by atoms with E-state index in [2.05, 4.69) is 178 Å². The van der Waals surface area contributed by atoms with E-state index < -0.39 is 0 Å². The predicted molar refractivity (Wildman–Crippen MR) is 208 cm³/mol. The van der Waals surface area contributed by atoms with Gasteiger partial charge in [-0.2, -0.15) is 0 Å². The Balaban J connectivity index is 1.34. The molecule has 0 fully saturated rings. The number of rotatable bonds is 5. The molecule has 51 heavy (non-hydrogen) atoms. The number of imidazole rings is 1. The number of para-hydroxylation sites is 5. The first-order chi connectivity index (χ1) is 24.5. The lowest BCUT2D eigenvalue weighted by Gasteiger charge is -2.27. The molecular weight excluding hydrogens is 625 g/mol. The second kappa shape index (κ2) is 12.1. The molecule has 0 aliphatic rings. The smallest absolute Gasteiger partial charge is 0.270 e. The lowest BCUT2D eigenvalue weighted by molar-refractivity contribution is -0.572. The van der Waals surface area contributed by atoms with E-state index in [1.807, 2.05) is 22.9 Å². The van der Waals surface area contributed by atoms with Crippen LogP contribution >= 0.6 is 0 Å². The molecule has 3 heterocycles. The molecule has 8 aromatic rings. The van der Waals surface area contributed by atoms with Gasteiger partial charge in [0.15, 0.2) is 0 Å². The monoisotopic (exact) mass is 666 g/mol. The standard InChI is InChI=1S/C46H42N4O/c1-45(2,3)33-27-36(46(4,5)6)44(51)43(28-33)50-30-49(41-22-14-15-23-42(41)50)40-21-13-12-20-39(40)48-29-35(34-18-10-11-19-38(34)48)37-26-32(24-25-47-37)31-16-8-7-9-17-31/h7-29,51H,1-6H3. The maximum absolute atomic E-state index is 11.9. The number of pyridine rings is 1. The lowest BCUT2D eigenvalue weighted by atomic mass is 9.79. The number of phenols is 1. The minimum absolute atomic E-state index is 0.114. The molecule has 0 atom stereocenters. The van der Waals surface area contributed by atoms with Gasteiger partial charge in [-0.05, 0) is 69.5 Å². The minimum Gasteiger partial charge on any atom is -0.511 e. The van der Waals surface area contributed by atoms with Crippen molar-refractivity contribution in [1.82, 2.24) is 14.1 Å². The summed E-state index contributed by atoms with van der Waals surface area (Å²) < 4.78 is 6.40. The van der Waals surface area contributed by atoms with Gasteiger partial charge in [0.1, 0.15) is 11.4 Å². The van der Waals surface area contributed by atoms with E-state index in [1.165, 1.54) is 0 Å². The van der Waals surface area contributed by atoms with Gasteiger partial charge in [0.05, 0.1) is 33.6 Å². The fourth-order valence-corrected chi connectivity index (χ4v) is 7.04. The summed E-state index contributed by atoms with van der Waals surface area (Å²) in [5, 5.41) is 13.0. The number of aromatic nitrogens is 4. The van der Waals surface area contributed by atoms with E-state index in [-0.39, 0.29) is 16.6 Å². The molecule has 3 aromatic heterocycles. The van der Waals surface area contributed by atoms with Crippen LogP contribution < -0.4 is 4.57 Å². The van der Waals surface area contributed by atoms with E-state index in [4.69, 9.17) is 4.98 Å². The molecule has 0 aliphatic heterocycles. The summed E-state index contributed by atoms with van der Waals surface area (Å²) in [7, 11) is 0. The number of fused-ring (bicyclic) bond motifs is 2. The average molecular weight is 667 g/mol. The zero-order valence-electron chi connectivity index (χ0n) is 30.0. The zero-order chi connectivity index (χ0) is 35.5. The minimum atomic E-state index is -0.256. The lowest BCUT2D eigenvalue weighted by Crippen LogP contribution is -2.31. The predicted octanol–water partition coefficient (Wildman–Crippen LogP) is 10.7. The molecule has 0 saturated heterocycles. The number of benzene rings is 5. The second-order valence-electron chi connectivity index (χ2n) is 15.4. The molecular formula is C46H42N4O. The van der Waals surface area contributed by atoms with Crippen molar-refractivity contribution < 1.29 is 9.67 Å². The summed E-state index contributed by atoms with van der Waals surface area (Å²) in [4.78, 5) is 4.86. The number of aromatic hydroxyl groups is 1. The van der Waals surface area contributed by atoms with Gasteiger partial charge in [0.25, 0.3) is 6.33 Å². The fourth-order valence-electron chi connectivity index (χ4n) is 7.04. The molecule has 0 unspecified atom stereocenters. The fraction of sp³-hybridized carbons (Fsp3) is 0.174. The van der Waals surface area contributed by atoms with Crippen molar-refractivity contribution in [3.63, 3.8) is 0 Å². The van der Waals surface area contributed by atoms with Gasteiger partial charge in [-0.25, -0.2) is 0 Å². The number of hydrogen-bond acceptors (Lipinski definition) is 2. The molecule has 5 nitrogen and oxygen atoms in total. The van der Waals surface area contributed by atoms with Crippen LogP contribution in [0.15, 0.2) is 140 Å². The van der Waals surface area contributed by atoms with Crippen LogP contribution in [0, 0.1) is 6.33 Å². The van der Waals surface area contributed by atoms with Crippen LogP contribution in [0.1, 0.15) is 52.7 Å². The Morgan fingerprint density at radius 3 is 2.10 bits per heavy atom. The Morgan fingerprint density at radius 1 is 0.647 bits per heavy atom. The zero-order valence-corrected chi connectivity index (χ0v) is 30.0. The van der Waals surface area contributed by atoms with E-state index in [9.17, 15) is 5.11 Å². The summed E-state index contributed by atoms with van der Waals surface area (Å²) in [6, 6.07) is 44.2. The first kappa shape index (κ1) is 32.3. The summed E-state index contributed by atoms with van der Waals surface area (Å²) in [6.45, 7) is 13.1. The first-order valence-corrected chi connectivity index (χ1v) is 17.5. The molecule has 252 valence electrons. The van der Waals surface area contributed by atoms with Crippen molar-refractivity contribution in [2.24, 2.45) is 0 Å². The van der Waals surface area contributed by atoms with Gasteiger partial charge in [0, 0.05) is 23.3 Å². The Bertz CT molecular complexity index is 2560. The van der Waals surface area contributed by atoms with E-state index in [0.29, 0.717) is 0 Å². The average Bonchev–Trinajstić information content (AvgIpc) is 3.71. The van der Waals surface area contributed by atoms with Crippen LogP contribution in [0.5, 0.6) is 5.75 Å². The highest BCUT2D eigenvalue weighted by Gasteiger charge is 2.27. The largest absolute Gasteiger partial charge is 0.511 e. The Hall–Kier alpha value is -5.94. The highest BCUT2D eigenvalue weighted by molar-refractivity contribution is 5.97. The third kappa shape index (κ3) is 5.69. The van der Waals surface area contributed by atoms with Gasteiger partial charge in [-0.15, -0.1) is 0 Å². The van der Waals surface area contributed by atoms with Gasteiger partial charge < -0.3 is 9.67 Å². The molecule has 0 radical (unpaired) electrons. The quantitative estimate of drug-likeness (QED) is 0.147. The summed E-state index contributed by atoms with van der Waals surface area (Å²) >= 11 is 0. The van der Waals surface area contributed by atoms with Crippen LogP contribution in [-0.2, 0) is 10.8 Å². The maximum atomic E-state index is 11.9. The summed E-state index contributed by atoms with van der Waals surface area (Å²) in [5.41, 5.74) is 11.7. The third-order valence-corrected chi connectivity index (χ3v) is 9.81. The van der Waals surface area contributed by atoms with Gasteiger partial charge in [0.2, 0.25) is 0 Å². The van der Waals surface area contributed by atoms with Crippen LogP contribution in [0.25, 0.3) is 61.4 Å². The van der Waals surface area contributed by atoms with E-state index in [0.717, 1.165) is 72.5 Å². The molecule has 1 N–H and O–H groups in total. The highest BCUT2D eigenvalue weighted by Crippen LogP contribution is 2.40. The van der Waals surface area contributed by atoms with E-state index >= 15 is 0 Å². The van der Waals surface area contributed by atoms with Crippen LogP contribution in [0.3, 0.4) is 0 Å². The summed E-state index contributed by atoms with van der Waals surface area (Å²) in [6.07, 6.45) is 7.79. The third-order valence-electron chi connectivity index (χ3n) is 9.81. The van der Waals surface area contributed by atoms with Crippen molar-refractivity contribution in [2.45, 2.75) is 52.4 Å². The van der Waals surface area contributed by atoms with Crippen molar-refractivity contribution in [3.05, 3.63) is 157 Å². The SMILES string of the molecule is CC(C)(C)c1cc(-n2[c-][n+](-c3ccccc3-n3cc(-c4cc(-c5ccccc5)ccn4)c4ccccc43)c3ccccc32)c(O)c(C(C)(C)C)c1. The maximum Gasteiger partial charge on any atom is 0.270 e. The Kier molecular flexibility index (Phi) is 7.68. The second-order valence-corrected chi connectivity index (χ2v) is 15.4. The highest BCUT2D eigenvalue weighted by atomic mass is 16.3. The summed E-state index contributed by atoms with van der Waals surface area (Å²) in [5.74, 6) is 0.277. The van der Waals surface area contributed by atoms with Gasteiger partial charge in [-0.3, -0.25) is 14.1 Å². The van der Waals surface area contributed by atoms with Crippen molar-refractivity contribution in [2.75, 3.05) is 0 Å². The topological polar surface area (TPSA) is 46.9 Å². The van der Waals surface area contributed by atoms with Crippen LogP contribution in [0.4, 0.5) is 0 Å². The molecule has 0 bridgehead atoms. The molecule has 0 spiro atoms. The molecule has 5 aromatic carbocycles. The first-order valence-electron chi connectivity index (χ1n) is 17.5. The molecule has 0 aliphatic carbocycles. The van der Waals surface area contributed by atoms with Crippen LogP contribution in [0.2, 0.25) is 0 Å². The van der Waals surface area contributed by atoms with Gasteiger partial charge in [-0.1, -0.05) is 133 Å². The normalized spacial score (nSPS) is 12.2. The number of phenolic OH excluding ortho intramolecular Hbond substituents is 1. The molecule has 8 rings (SSSR count). The van der Waals surface area contributed by atoms with E-state index in [1.54, 1.807) is 0 Å². The Labute approximate surface area is 299 Å². The number of hydrogen-bond donors (Lipinski definition) is 1. The van der Waals surface area contributed by atoms with Crippen molar-refractivity contribution >= 4 is 21.9 Å². The molecule has 0 amide bonds.